The van der Waals surface area contributed by atoms with Crippen molar-refractivity contribution in [3.8, 4) is 0 Å². The number of aryl methyl sites for hydroxylation is 1. The van der Waals surface area contributed by atoms with E-state index in [0.29, 0.717) is 5.76 Å². The molecule has 0 saturated carbocycles. The molecular weight excluding hydrogens is 250 g/mol. The maximum atomic E-state index is 11.9. The molecule has 1 unspecified atom stereocenters. The van der Waals surface area contributed by atoms with E-state index in [1.54, 1.807) is 24.5 Å². The summed E-state index contributed by atoms with van der Waals surface area (Å²) >= 11 is 0. The summed E-state index contributed by atoms with van der Waals surface area (Å²) in [5.41, 5.74) is 2.34. The second-order valence-electron chi connectivity index (χ2n) is 4.73. The standard InChI is InChI=1S/C17H19NO2/c1-3-16(14-8-6-13(2)7-9-14)18-17(19)11-10-15-5-4-12-20-15/h4-12,16H,3H2,1-2H3,(H,18,19). The van der Waals surface area contributed by atoms with Crippen molar-refractivity contribution in [1.82, 2.24) is 5.32 Å². The molecule has 2 aromatic rings. The summed E-state index contributed by atoms with van der Waals surface area (Å²) in [5.74, 6) is 0.553. The molecule has 2 rings (SSSR count). The summed E-state index contributed by atoms with van der Waals surface area (Å²) in [4.78, 5) is 11.9. The van der Waals surface area contributed by atoms with E-state index in [2.05, 4.69) is 43.4 Å². The number of hydrogen-bond donors (Lipinski definition) is 1. The number of hydrogen-bond acceptors (Lipinski definition) is 2. The lowest BCUT2D eigenvalue weighted by molar-refractivity contribution is -0.117. The fourth-order valence-corrected chi connectivity index (χ4v) is 1.98. The highest BCUT2D eigenvalue weighted by Gasteiger charge is 2.10. The van der Waals surface area contributed by atoms with Gasteiger partial charge >= 0.3 is 0 Å². The molecule has 3 nitrogen and oxygen atoms in total. The number of benzene rings is 1. The van der Waals surface area contributed by atoms with Gasteiger partial charge in [-0.15, -0.1) is 0 Å². The normalized spacial score (nSPS) is 12.5. The van der Waals surface area contributed by atoms with E-state index in [1.807, 2.05) is 0 Å². The number of amides is 1. The summed E-state index contributed by atoms with van der Waals surface area (Å²) in [6, 6.07) is 11.9. The first kappa shape index (κ1) is 14.1. The molecule has 0 bridgehead atoms. The van der Waals surface area contributed by atoms with Gasteiger partial charge in [0.2, 0.25) is 5.91 Å². The van der Waals surface area contributed by atoms with Crippen LogP contribution in [0.5, 0.6) is 0 Å². The van der Waals surface area contributed by atoms with Gasteiger partial charge in [0, 0.05) is 6.08 Å². The Labute approximate surface area is 119 Å². The van der Waals surface area contributed by atoms with Gasteiger partial charge in [0.25, 0.3) is 0 Å². The van der Waals surface area contributed by atoms with Crippen LogP contribution in [0.4, 0.5) is 0 Å². The Morgan fingerprint density at radius 2 is 2.05 bits per heavy atom. The van der Waals surface area contributed by atoms with Crippen molar-refractivity contribution in [3.05, 3.63) is 65.6 Å². The van der Waals surface area contributed by atoms with Crippen LogP contribution in [0.1, 0.15) is 36.3 Å². The van der Waals surface area contributed by atoms with E-state index in [4.69, 9.17) is 4.42 Å². The van der Waals surface area contributed by atoms with Gasteiger partial charge < -0.3 is 9.73 Å². The molecule has 3 heteroatoms. The quantitative estimate of drug-likeness (QED) is 0.837. The van der Waals surface area contributed by atoms with Gasteiger partial charge in [-0.1, -0.05) is 36.8 Å². The van der Waals surface area contributed by atoms with Crippen LogP contribution >= 0.6 is 0 Å². The molecule has 104 valence electrons. The topological polar surface area (TPSA) is 42.2 Å². The zero-order chi connectivity index (χ0) is 14.4. The van der Waals surface area contributed by atoms with Crippen molar-refractivity contribution in [3.63, 3.8) is 0 Å². The minimum Gasteiger partial charge on any atom is -0.465 e. The van der Waals surface area contributed by atoms with Crippen molar-refractivity contribution in [2.45, 2.75) is 26.3 Å². The first-order valence-corrected chi connectivity index (χ1v) is 6.77. The van der Waals surface area contributed by atoms with Gasteiger partial charge in [-0.3, -0.25) is 4.79 Å². The molecule has 0 radical (unpaired) electrons. The van der Waals surface area contributed by atoms with Crippen molar-refractivity contribution in [1.29, 1.82) is 0 Å². The van der Waals surface area contributed by atoms with E-state index in [-0.39, 0.29) is 11.9 Å². The van der Waals surface area contributed by atoms with Crippen molar-refractivity contribution >= 4 is 12.0 Å². The molecule has 0 saturated heterocycles. The van der Waals surface area contributed by atoms with E-state index < -0.39 is 0 Å². The molecule has 1 atom stereocenters. The summed E-state index contributed by atoms with van der Waals surface area (Å²) in [5, 5.41) is 3.00. The summed E-state index contributed by atoms with van der Waals surface area (Å²) in [7, 11) is 0. The van der Waals surface area contributed by atoms with Gasteiger partial charge in [-0.05, 0) is 37.1 Å². The van der Waals surface area contributed by atoms with Gasteiger partial charge in [-0.2, -0.15) is 0 Å². The third kappa shape index (κ3) is 3.85. The molecule has 0 aliphatic heterocycles. The zero-order valence-electron chi connectivity index (χ0n) is 11.8. The smallest absolute Gasteiger partial charge is 0.244 e. The number of rotatable bonds is 5. The minimum atomic E-state index is -0.117. The lowest BCUT2D eigenvalue weighted by atomic mass is 10.0. The monoisotopic (exact) mass is 269 g/mol. The molecule has 0 aliphatic carbocycles. The van der Waals surface area contributed by atoms with E-state index in [9.17, 15) is 4.79 Å². The molecular formula is C17H19NO2. The van der Waals surface area contributed by atoms with Crippen LogP contribution in [0.2, 0.25) is 0 Å². The molecule has 0 fully saturated rings. The lowest BCUT2D eigenvalue weighted by Crippen LogP contribution is -2.26. The van der Waals surface area contributed by atoms with Crippen LogP contribution in [-0.2, 0) is 4.79 Å². The molecule has 1 amide bonds. The summed E-state index contributed by atoms with van der Waals surface area (Å²) in [6.45, 7) is 4.11. The van der Waals surface area contributed by atoms with Crippen LogP contribution in [0.25, 0.3) is 6.08 Å². The van der Waals surface area contributed by atoms with Crippen molar-refractivity contribution < 1.29 is 9.21 Å². The van der Waals surface area contributed by atoms with Crippen LogP contribution in [-0.4, -0.2) is 5.91 Å². The first-order valence-electron chi connectivity index (χ1n) is 6.77. The minimum absolute atomic E-state index is 0.0318. The Balaban J connectivity index is 1.99. The number of nitrogens with one attached hydrogen (secondary N) is 1. The maximum absolute atomic E-state index is 11.9. The van der Waals surface area contributed by atoms with Gasteiger partial charge in [0.15, 0.2) is 0 Å². The van der Waals surface area contributed by atoms with Crippen molar-refractivity contribution in [2.75, 3.05) is 0 Å². The number of furan rings is 1. The second kappa shape index (κ2) is 6.75. The molecule has 1 aromatic heterocycles. The van der Waals surface area contributed by atoms with E-state index in [0.717, 1.165) is 12.0 Å². The van der Waals surface area contributed by atoms with Crippen LogP contribution in [0.3, 0.4) is 0 Å². The molecule has 1 N–H and O–H groups in total. The van der Waals surface area contributed by atoms with E-state index >= 15 is 0 Å². The second-order valence-corrected chi connectivity index (χ2v) is 4.73. The molecule has 20 heavy (non-hydrogen) atoms. The Morgan fingerprint density at radius 3 is 2.65 bits per heavy atom. The zero-order valence-corrected chi connectivity index (χ0v) is 11.8. The average molecular weight is 269 g/mol. The molecule has 0 spiro atoms. The molecule has 0 aliphatic rings. The molecule has 1 heterocycles. The van der Waals surface area contributed by atoms with Crippen LogP contribution < -0.4 is 5.32 Å². The Hall–Kier alpha value is -2.29. The van der Waals surface area contributed by atoms with Gasteiger partial charge in [0.05, 0.1) is 12.3 Å². The Morgan fingerprint density at radius 1 is 1.30 bits per heavy atom. The maximum Gasteiger partial charge on any atom is 0.244 e. The Kier molecular flexibility index (Phi) is 4.77. The number of carbonyl (C=O) groups excluding carboxylic acids is 1. The molecule has 1 aromatic carbocycles. The largest absolute Gasteiger partial charge is 0.465 e. The van der Waals surface area contributed by atoms with E-state index in [1.165, 1.54) is 11.6 Å². The fourth-order valence-electron chi connectivity index (χ4n) is 1.98. The summed E-state index contributed by atoms with van der Waals surface area (Å²) in [6.07, 6.45) is 5.59. The van der Waals surface area contributed by atoms with Crippen molar-refractivity contribution in [2.24, 2.45) is 0 Å². The average Bonchev–Trinajstić information content (AvgIpc) is 2.97. The predicted molar refractivity (Wildman–Crippen MR) is 80.1 cm³/mol. The van der Waals surface area contributed by atoms with Crippen LogP contribution in [0.15, 0.2) is 53.2 Å². The third-order valence-electron chi connectivity index (χ3n) is 3.15. The van der Waals surface area contributed by atoms with Gasteiger partial charge in [0.1, 0.15) is 5.76 Å². The van der Waals surface area contributed by atoms with Crippen LogP contribution in [0, 0.1) is 6.92 Å². The Bertz CT molecular complexity index is 568. The first-order chi connectivity index (χ1) is 9.69. The van der Waals surface area contributed by atoms with Gasteiger partial charge in [-0.25, -0.2) is 0 Å². The highest BCUT2D eigenvalue weighted by molar-refractivity contribution is 5.91. The fraction of sp³-hybridized carbons (Fsp3) is 0.235. The predicted octanol–water partition coefficient (Wildman–Crippen LogP) is 3.87. The number of carbonyl (C=O) groups is 1. The highest BCUT2D eigenvalue weighted by Crippen LogP contribution is 2.17. The lowest BCUT2D eigenvalue weighted by Gasteiger charge is -2.16. The summed E-state index contributed by atoms with van der Waals surface area (Å²) < 4.78 is 5.15. The highest BCUT2D eigenvalue weighted by atomic mass is 16.3. The SMILES string of the molecule is CCC(NC(=O)C=Cc1ccco1)c1ccc(C)cc1. The third-order valence-corrected chi connectivity index (χ3v) is 3.15.